The average Bonchev–Trinajstić information content (AvgIpc) is 2.55. The van der Waals surface area contributed by atoms with Crippen LogP contribution in [0.5, 0.6) is 0 Å². The monoisotopic (exact) mass is 278 g/mol. The van der Waals surface area contributed by atoms with Gasteiger partial charge in [-0.05, 0) is 61.3 Å². The van der Waals surface area contributed by atoms with Crippen LogP contribution in [0, 0.1) is 0 Å². The summed E-state index contributed by atoms with van der Waals surface area (Å²) in [6.07, 6.45) is 9.24. The summed E-state index contributed by atoms with van der Waals surface area (Å²) in [5, 5.41) is 3.89. The van der Waals surface area contributed by atoms with E-state index in [2.05, 4.69) is 46.7 Å². The summed E-state index contributed by atoms with van der Waals surface area (Å²) in [6, 6.07) is 14.2. The van der Waals surface area contributed by atoms with Gasteiger partial charge in [-0.2, -0.15) is 0 Å². The van der Waals surface area contributed by atoms with Crippen LogP contribution in [0.15, 0.2) is 42.6 Å². The topological polar surface area (TPSA) is 24.9 Å². The average molecular weight is 278 g/mol. The van der Waals surface area contributed by atoms with E-state index in [9.17, 15) is 0 Å². The minimum absolute atomic E-state index is 0.449. The minimum Gasteiger partial charge on any atom is -0.305 e. The number of aryl methyl sites for hydroxylation is 2. The first kappa shape index (κ1) is 13.0. The van der Waals surface area contributed by atoms with Gasteiger partial charge in [-0.1, -0.05) is 30.3 Å². The van der Waals surface area contributed by atoms with E-state index in [0.717, 1.165) is 6.42 Å². The molecule has 108 valence electrons. The van der Waals surface area contributed by atoms with Gasteiger partial charge in [0.15, 0.2) is 0 Å². The van der Waals surface area contributed by atoms with Crippen LogP contribution in [0.1, 0.15) is 47.7 Å². The zero-order chi connectivity index (χ0) is 14.1. The molecule has 2 nitrogen and oxygen atoms in total. The van der Waals surface area contributed by atoms with Crippen molar-refractivity contribution in [3.63, 3.8) is 0 Å². The third-order valence-corrected chi connectivity index (χ3v) is 4.98. The van der Waals surface area contributed by atoms with E-state index in [-0.39, 0.29) is 0 Å². The predicted molar refractivity (Wildman–Crippen MR) is 85.3 cm³/mol. The predicted octanol–water partition coefficient (Wildman–Crippen LogP) is 3.61. The maximum atomic E-state index is 4.65. The van der Waals surface area contributed by atoms with E-state index in [1.54, 1.807) is 0 Å². The van der Waals surface area contributed by atoms with E-state index in [1.165, 1.54) is 54.5 Å². The van der Waals surface area contributed by atoms with Gasteiger partial charge in [0.05, 0.1) is 5.69 Å². The Morgan fingerprint density at radius 3 is 2.71 bits per heavy atom. The molecule has 1 aromatic carbocycles. The molecule has 0 bridgehead atoms. The lowest BCUT2D eigenvalue weighted by atomic mass is 9.86. The number of benzene rings is 1. The fourth-order valence-corrected chi connectivity index (χ4v) is 3.90. The highest BCUT2D eigenvalue weighted by molar-refractivity contribution is 5.31. The van der Waals surface area contributed by atoms with Crippen molar-refractivity contribution < 1.29 is 0 Å². The van der Waals surface area contributed by atoms with Gasteiger partial charge in [-0.15, -0.1) is 0 Å². The van der Waals surface area contributed by atoms with Crippen molar-refractivity contribution in [3.8, 4) is 0 Å². The molecule has 0 aliphatic heterocycles. The maximum absolute atomic E-state index is 4.65. The summed E-state index contributed by atoms with van der Waals surface area (Å²) in [6.45, 7) is 0. The van der Waals surface area contributed by atoms with Gasteiger partial charge in [-0.25, -0.2) is 0 Å². The Labute approximate surface area is 126 Å². The van der Waals surface area contributed by atoms with Crippen LogP contribution in [0.2, 0.25) is 0 Å². The summed E-state index contributed by atoms with van der Waals surface area (Å²) in [5.41, 5.74) is 5.80. The third-order valence-electron chi connectivity index (χ3n) is 4.98. The Bertz CT molecular complexity index is 635. The molecule has 0 amide bonds. The molecule has 0 saturated carbocycles. The van der Waals surface area contributed by atoms with Crippen molar-refractivity contribution in [1.29, 1.82) is 0 Å². The molecule has 2 heteroatoms. The second-order valence-corrected chi connectivity index (χ2v) is 6.37. The first-order valence-corrected chi connectivity index (χ1v) is 8.17. The van der Waals surface area contributed by atoms with Gasteiger partial charge in [0.2, 0.25) is 0 Å². The Balaban J connectivity index is 1.51. The maximum Gasteiger partial charge on any atom is 0.0605 e. The van der Waals surface area contributed by atoms with Crippen LogP contribution < -0.4 is 5.32 Å². The molecule has 2 unspecified atom stereocenters. The van der Waals surface area contributed by atoms with E-state index in [4.69, 9.17) is 0 Å². The highest BCUT2D eigenvalue weighted by Crippen LogP contribution is 2.30. The first-order chi connectivity index (χ1) is 10.4. The molecule has 2 atom stereocenters. The Morgan fingerprint density at radius 1 is 0.905 bits per heavy atom. The highest BCUT2D eigenvalue weighted by Gasteiger charge is 2.25. The first-order valence-electron chi connectivity index (χ1n) is 8.17. The zero-order valence-electron chi connectivity index (χ0n) is 12.4. The van der Waals surface area contributed by atoms with Gasteiger partial charge in [0.25, 0.3) is 0 Å². The molecule has 1 aromatic heterocycles. The van der Waals surface area contributed by atoms with Crippen molar-refractivity contribution in [2.24, 2.45) is 0 Å². The van der Waals surface area contributed by atoms with E-state index < -0.39 is 0 Å². The van der Waals surface area contributed by atoms with Crippen LogP contribution in [-0.2, 0) is 19.3 Å². The van der Waals surface area contributed by atoms with Crippen LogP contribution in [0.4, 0.5) is 0 Å². The molecule has 1 N–H and O–H groups in total. The summed E-state index contributed by atoms with van der Waals surface area (Å²) in [5.74, 6) is 0. The molecule has 0 fully saturated rings. The summed E-state index contributed by atoms with van der Waals surface area (Å²) >= 11 is 0. The number of nitrogens with one attached hydrogen (secondary N) is 1. The molecule has 2 aliphatic rings. The molecule has 2 aliphatic carbocycles. The fraction of sp³-hybridized carbons (Fsp3) is 0.421. The van der Waals surface area contributed by atoms with Gasteiger partial charge in [-0.3, -0.25) is 4.98 Å². The third kappa shape index (κ3) is 2.60. The summed E-state index contributed by atoms with van der Waals surface area (Å²) in [7, 11) is 0. The van der Waals surface area contributed by atoms with Gasteiger partial charge in [0.1, 0.15) is 0 Å². The molecule has 1 heterocycles. The lowest BCUT2D eigenvalue weighted by Crippen LogP contribution is -2.38. The number of fused-ring (bicyclic) bond motifs is 2. The fourth-order valence-electron chi connectivity index (χ4n) is 3.90. The molecule has 21 heavy (non-hydrogen) atoms. The van der Waals surface area contributed by atoms with Crippen LogP contribution >= 0.6 is 0 Å². The van der Waals surface area contributed by atoms with Crippen molar-refractivity contribution in [1.82, 2.24) is 10.3 Å². The normalized spacial score (nSPS) is 24.2. The largest absolute Gasteiger partial charge is 0.305 e. The van der Waals surface area contributed by atoms with Crippen molar-refractivity contribution in [3.05, 3.63) is 65.0 Å². The molecule has 2 aromatic rings. The van der Waals surface area contributed by atoms with Crippen molar-refractivity contribution in [2.75, 3.05) is 0 Å². The molecule has 4 rings (SSSR count). The zero-order valence-corrected chi connectivity index (χ0v) is 12.4. The van der Waals surface area contributed by atoms with E-state index >= 15 is 0 Å². The Kier molecular flexibility index (Phi) is 3.48. The van der Waals surface area contributed by atoms with E-state index in [1.807, 2.05) is 6.20 Å². The standard InChI is InChI=1S/C19H22N2/c1-2-6-16-13-17(11-10-14(16)5-1)21-18-9-3-7-15-8-4-12-20-19(15)18/h1-2,4-6,8,12,17-18,21H,3,7,9-11,13H2. The number of aromatic nitrogens is 1. The number of pyridine rings is 1. The SMILES string of the molecule is c1ccc2c(c1)CCC(NC1CCCc3cccnc31)C2. The number of nitrogens with zero attached hydrogens (tertiary/aromatic N) is 1. The van der Waals surface area contributed by atoms with Crippen LogP contribution in [-0.4, -0.2) is 11.0 Å². The second-order valence-electron chi connectivity index (χ2n) is 6.37. The lowest BCUT2D eigenvalue weighted by Gasteiger charge is -2.32. The number of hydrogen-bond donors (Lipinski definition) is 1. The van der Waals surface area contributed by atoms with Crippen LogP contribution in [0.25, 0.3) is 0 Å². The molecular weight excluding hydrogens is 256 g/mol. The Morgan fingerprint density at radius 2 is 1.76 bits per heavy atom. The van der Waals surface area contributed by atoms with Gasteiger partial charge < -0.3 is 5.32 Å². The summed E-state index contributed by atoms with van der Waals surface area (Å²) in [4.78, 5) is 4.65. The van der Waals surface area contributed by atoms with Crippen LogP contribution in [0.3, 0.4) is 0 Å². The summed E-state index contributed by atoms with van der Waals surface area (Å²) < 4.78 is 0. The van der Waals surface area contributed by atoms with Gasteiger partial charge in [0, 0.05) is 18.3 Å². The molecular formula is C19H22N2. The molecule has 0 saturated heterocycles. The smallest absolute Gasteiger partial charge is 0.0605 e. The molecule has 0 spiro atoms. The van der Waals surface area contributed by atoms with E-state index in [0.29, 0.717) is 12.1 Å². The molecule has 0 radical (unpaired) electrons. The van der Waals surface area contributed by atoms with Gasteiger partial charge >= 0.3 is 0 Å². The number of rotatable bonds is 2. The highest BCUT2D eigenvalue weighted by atomic mass is 15.0. The minimum atomic E-state index is 0.449. The number of hydrogen-bond acceptors (Lipinski definition) is 2. The Hall–Kier alpha value is -1.67. The van der Waals surface area contributed by atoms with Crippen molar-refractivity contribution in [2.45, 2.75) is 50.6 Å². The lowest BCUT2D eigenvalue weighted by molar-refractivity contribution is 0.362. The second kappa shape index (κ2) is 5.61. The quantitative estimate of drug-likeness (QED) is 0.908. The van der Waals surface area contributed by atoms with Crippen molar-refractivity contribution >= 4 is 0 Å².